The molecule has 0 spiro atoms. The average Bonchev–Trinajstić information content (AvgIpc) is 2.27. The Hall–Kier alpha value is -1.60. The van der Waals surface area contributed by atoms with E-state index < -0.39 is 16.0 Å². The standard InChI is InChI=1S/C11H16N2O4S/c1-7(2)13(3)18(16,17)8-4-5-10(12)9(6-8)11(14)15/h4-7H,12H2,1-3H3,(H,14,15). The zero-order valence-electron chi connectivity index (χ0n) is 10.4. The molecule has 0 aliphatic rings. The first-order valence-corrected chi connectivity index (χ1v) is 6.72. The van der Waals surface area contributed by atoms with Crippen molar-refractivity contribution in [2.75, 3.05) is 12.8 Å². The van der Waals surface area contributed by atoms with Gasteiger partial charge in [0.25, 0.3) is 0 Å². The maximum atomic E-state index is 12.2. The summed E-state index contributed by atoms with van der Waals surface area (Å²) < 4.78 is 25.5. The molecule has 1 aromatic carbocycles. The summed E-state index contributed by atoms with van der Waals surface area (Å²) in [6, 6.07) is 3.44. The molecule has 0 aromatic heterocycles. The van der Waals surface area contributed by atoms with Crippen molar-refractivity contribution in [2.24, 2.45) is 0 Å². The Bertz CT molecular complexity index is 566. The van der Waals surface area contributed by atoms with E-state index in [0.29, 0.717) is 0 Å². The van der Waals surface area contributed by atoms with Crippen LogP contribution in [0, 0.1) is 0 Å². The summed E-state index contributed by atoms with van der Waals surface area (Å²) in [6.07, 6.45) is 0. The maximum Gasteiger partial charge on any atom is 0.337 e. The lowest BCUT2D eigenvalue weighted by Crippen LogP contribution is -2.33. The van der Waals surface area contributed by atoms with E-state index in [1.807, 2.05) is 0 Å². The van der Waals surface area contributed by atoms with Crippen molar-refractivity contribution >= 4 is 21.7 Å². The number of nitrogens with two attached hydrogens (primary N) is 1. The number of carboxylic acids is 1. The summed E-state index contributed by atoms with van der Waals surface area (Å²) in [6.45, 7) is 3.46. The Balaban J connectivity index is 3.35. The molecule has 0 amide bonds. The van der Waals surface area contributed by atoms with E-state index in [9.17, 15) is 13.2 Å². The van der Waals surface area contributed by atoms with Crippen molar-refractivity contribution in [2.45, 2.75) is 24.8 Å². The molecule has 0 saturated heterocycles. The quantitative estimate of drug-likeness (QED) is 0.796. The summed E-state index contributed by atoms with van der Waals surface area (Å²) in [4.78, 5) is 10.8. The van der Waals surface area contributed by atoms with Gasteiger partial charge in [0.15, 0.2) is 0 Å². The predicted octanol–water partition coefficient (Wildman–Crippen LogP) is 0.996. The van der Waals surface area contributed by atoms with E-state index in [-0.39, 0.29) is 22.2 Å². The van der Waals surface area contributed by atoms with E-state index >= 15 is 0 Å². The van der Waals surface area contributed by atoms with Gasteiger partial charge in [-0.25, -0.2) is 13.2 Å². The molecular formula is C11H16N2O4S. The summed E-state index contributed by atoms with van der Waals surface area (Å²) in [5.74, 6) is -1.25. The molecule has 0 bridgehead atoms. The van der Waals surface area contributed by atoms with Crippen molar-refractivity contribution in [3.63, 3.8) is 0 Å². The number of carboxylic acid groups (broad SMARTS) is 1. The van der Waals surface area contributed by atoms with E-state index in [2.05, 4.69) is 0 Å². The number of carbonyl (C=O) groups is 1. The topological polar surface area (TPSA) is 101 Å². The first-order chi connectivity index (χ1) is 8.17. The van der Waals surface area contributed by atoms with Crippen LogP contribution >= 0.6 is 0 Å². The molecule has 0 aliphatic heterocycles. The van der Waals surface area contributed by atoms with Gasteiger partial charge in [0.1, 0.15) is 0 Å². The third-order valence-corrected chi connectivity index (χ3v) is 4.69. The SMILES string of the molecule is CC(C)N(C)S(=O)(=O)c1ccc(N)c(C(=O)O)c1. The Kier molecular flexibility index (Phi) is 3.98. The van der Waals surface area contributed by atoms with Crippen LogP contribution in [0.5, 0.6) is 0 Å². The van der Waals surface area contributed by atoms with Gasteiger partial charge in [-0.15, -0.1) is 0 Å². The van der Waals surface area contributed by atoms with Gasteiger partial charge in [-0.05, 0) is 32.0 Å². The highest BCUT2D eigenvalue weighted by Gasteiger charge is 2.24. The van der Waals surface area contributed by atoms with Crippen LogP contribution in [0.4, 0.5) is 5.69 Å². The van der Waals surface area contributed by atoms with Crippen LogP contribution in [0.15, 0.2) is 23.1 Å². The second kappa shape index (κ2) is 4.95. The Morgan fingerprint density at radius 3 is 2.39 bits per heavy atom. The van der Waals surface area contributed by atoms with Gasteiger partial charge in [-0.1, -0.05) is 0 Å². The second-order valence-corrected chi connectivity index (χ2v) is 6.17. The number of rotatable bonds is 4. The van der Waals surface area contributed by atoms with Crippen LogP contribution in [-0.4, -0.2) is 36.9 Å². The minimum Gasteiger partial charge on any atom is -0.478 e. The monoisotopic (exact) mass is 272 g/mol. The molecule has 7 heteroatoms. The number of hydrogen-bond donors (Lipinski definition) is 2. The fourth-order valence-electron chi connectivity index (χ4n) is 1.32. The van der Waals surface area contributed by atoms with Crippen molar-refractivity contribution in [3.05, 3.63) is 23.8 Å². The van der Waals surface area contributed by atoms with Gasteiger partial charge in [0.2, 0.25) is 10.0 Å². The van der Waals surface area contributed by atoms with Crippen LogP contribution < -0.4 is 5.73 Å². The number of benzene rings is 1. The lowest BCUT2D eigenvalue weighted by Gasteiger charge is -2.21. The number of nitrogens with zero attached hydrogens (tertiary/aromatic N) is 1. The van der Waals surface area contributed by atoms with E-state index in [1.54, 1.807) is 13.8 Å². The smallest absolute Gasteiger partial charge is 0.337 e. The predicted molar refractivity (Wildman–Crippen MR) is 67.9 cm³/mol. The Morgan fingerprint density at radius 1 is 1.39 bits per heavy atom. The van der Waals surface area contributed by atoms with E-state index in [4.69, 9.17) is 10.8 Å². The first kappa shape index (κ1) is 14.5. The lowest BCUT2D eigenvalue weighted by molar-refractivity contribution is 0.0698. The molecule has 18 heavy (non-hydrogen) atoms. The van der Waals surface area contributed by atoms with Crippen LogP contribution in [0.1, 0.15) is 24.2 Å². The number of sulfonamides is 1. The highest BCUT2D eigenvalue weighted by Crippen LogP contribution is 2.21. The highest BCUT2D eigenvalue weighted by atomic mass is 32.2. The minimum atomic E-state index is -3.70. The highest BCUT2D eigenvalue weighted by molar-refractivity contribution is 7.89. The lowest BCUT2D eigenvalue weighted by atomic mass is 10.2. The summed E-state index contributed by atoms with van der Waals surface area (Å²) >= 11 is 0. The molecule has 0 unspecified atom stereocenters. The Morgan fingerprint density at radius 2 is 1.94 bits per heavy atom. The van der Waals surface area contributed by atoms with Crippen molar-refractivity contribution < 1.29 is 18.3 Å². The van der Waals surface area contributed by atoms with Gasteiger partial charge < -0.3 is 10.8 Å². The van der Waals surface area contributed by atoms with Gasteiger partial charge >= 0.3 is 5.97 Å². The zero-order valence-corrected chi connectivity index (χ0v) is 11.2. The van der Waals surface area contributed by atoms with Gasteiger partial charge in [0, 0.05) is 18.8 Å². The summed E-state index contributed by atoms with van der Waals surface area (Å²) in [5, 5.41) is 8.92. The van der Waals surface area contributed by atoms with Crippen LogP contribution in [0.25, 0.3) is 0 Å². The Labute approximate surface area is 106 Å². The first-order valence-electron chi connectivity index (χ1n) is 5.28. The molecule has 6 nitrogen and oxygen atoms in total. The maximum absolute atomic E-state index is 12.2. The zero-order chi connectivity index (χ0) is 14.1. The fourth-order valence-corrected chi connectivity index (χ4v) is 2.72. The molecular weight excluding hydrogens is 256 g/mol. The van der Waals surface area contributed by atoms with Crippen LogP contribution in [0.2, 0.25) is 0 Å². The summed E-state index contributed by atoms with van der Waals surface area (Å²) in [5.41, 5.74) is 5.30. The van der Waals surface area contributed by atoms with Crippen molar-refractivity contribution in [1.29, 1.82) is 0 Å². The molecule has 0 saturated carbocycles. The minimum absolute atomic E-state index is 0.0358. The third-order valence-electron chi connectivity index (χ3n) is 2.66. The second-order valence-electron chi connectivity index (χ2n) is 4.17. The average molecular weight is 272 g/mol. The van der Waals surface area contributed by atoms with Gasteiger partial charge in [0.05, 0.1) is 10.5 Å². The van der Waals surface area contributed by atoms with Crippen molar-refractivity contribution in [3.8, 4) is 0 Å². The number of hydrogen-bond acceptors (Lipinski definition) is 4. The van der Waals surface area contributed by atoms with Crippen LogP contribution in [0.3, 0.4) is 0 Å². The molecule has 0 atom stereocenters. The third kappa shape index (κ3) is 2.62. The molecule has 3 N–H and O–H groups in total. The number of aromatic carboxylic acids is 1. The normalized spacial score (nSPS) is 12.1. The molecule has 1 rings (SSSR count). The van der Waals surface area contributed by atoms with Crippen molar-refractivity contribution in [1.82, 2.24) is 4.31 Å². The van der Waals surface area contributed by atoms with E-state index in [0.717, 1.165) is 6.07 Å². The molecule has 0 radical (unpaired) electrons. The van der Waals surface area contributed by atoms with Gasteiger partial charge in [-0.3, -0.25) is 0 Å². The molecule has 1 aromatic rings. The number of nitrogen functional groups attached to an aromatic ring is 1. The number of anilines is 1. The molecule has 0 heterocycles. The summed E-state index contributed by atoms with van der Waals surface area (Å²) in [7, 11) is -2.26. The fraction of sp³-hybridized carbons (Fsp3) is 0.364. The molecule has 0 fully saturated rings. The largest absolute Gasteiger partial charge is 0.478 e. The van der Waals surface area contributed by atoms with Gasteiger partial charge in [-0.2, -0.15) is 4.31 Å². The van der Waals surface area contributed by atoms with E-state index in [1.165, 1.54) is 23.5 Å². The molecule has 100 valence electrons. The molecule has 0 aliphatic carbocycles. The van der Waals surface area contributed by atoms with Crippen LogP contribution in [-0.2, 0) is 10.0 Å².